The molecule has 3 aromatic carbocycles. The van der Waals surface area contributed by atoms with E-state index >= 15 is 0 Å². The normalized spacial score (nSPS) is 25.5. The number of fused-ring (bicyclic) bond motifs is 9. The average Bonchev–Trinajstić information content (AvgIpc) is 1.39. The van der Waals surface area contributed by atoms with Gasteiger partial charge in [-0.1, -0.05) is 223 Å². The molecule has 0 spiro atoms. The van der Waals surface area contributed by atoms with Crippen LogP contribution in [0.2, 0.25) is 0 Å². The van der Waals surface area contributed by atoms with E-state index in [1.165, 1.54) is 41.7 Å². The number of rotatable bonds is 9. The molecule has 0 radical (unpaired) electrons. The molecule has 18 atom stereocenters. The molecule has 18 rings (SSSR count). The van der Waals surface area contributed by atoms with Crippen molar-refractivity contribution in [3.05, 3.63) is 265 Å². The molecule has 3 aliphatic heterocycles. The number of benzene rings is 3. The molecule has 18 unspecified atom stereocenters. The number of aliphatic hydroxyl groups is 9. The van der Waals surface area contributed by atoms with Crippen LogP contribution in [0.3, 0.4) is 0 Å². The van der Waals surface area contributed by atoms with Crippen LogP contribution in [0.5, 0.6) is 0 Å². The van der Waals surface area contributed by atoms with Gasteiger partial charge < -0.3 is 59.9 Å². The molecule has 9 aliphatic rings. The fraction of sp³-hybridized carbons (Fsp3) is 0.595. The highest BCUT2D eigenvalue weighted by Gasteiger charge is 2.38. The Morgan fingerprint density at radius 1 is 0.315 bits per heavy atom. The van der Waals surface area contributed by atoms with Crippen molar-refractivity contribution >= 4 is 5.78 Å². The third kappa shape index (κ3) is 28.4. The Balaban J connectivity index is 0.000000179. The summed E-state index contributed by atoms with van der Waals surface area (Å²) < 4.78 is 5.64. The van der Waals surface area contributed by atoms with Gasteiger partial charge in [-0.25, -0.2) is 4.98 Å². The van der Waals surface area contributed by atoms with Gasteiger partial charge in [-0.15, -0.1) is 0 Å². The van der Waals surface area contributed by atoms with Crippen LogP contribution in [-0.4, -0.2) is 90.6 Å². The van der Waals surface area contributed by atoms with Gasteiger partial charge >= 0.3 is 0 Å². The molecule has 9 N–H and O–H groups in total. The largest absolute Gasteiger partial charge is 0.388 e. The molecular formula is C111H164N8O11. The Kier molecular flexibility index (Phi) is 42.7. The lowest BCUT2D eigenvalue weighted by Gasteiger charge is -2.33. The van der Waals surface area contributed by atoms with E-state index in [4.69, 9.17) is 0 Å². The number of carbonyl (C=O) groups is 1. The lowest BCUT2D eigenvalue weighted by Crippen LogP contribution is -2.34. The Labute approximate surface area is 779 Å². The summed E-state index contributed by atoms with van der Waals surface area (Å²) in [5.41, 5.74) is 16.9. The maximum Gasteiger partial charge on any atom is 0.250 e. The van der Waals surface area contributed by atoms with Crippen LogP contribution < -0.4 is 5.56 Å². The highest BCUT2D eigenvalue weighted by Crippen LogP contribution is 2.46. The van der Waals surface area contributed by atoms with E-state index in [2.05, 4.69) is 192 Å². The molecule has 9 aromatic rings. The Morgan fingerprint density at radius 3 is 1.18 bits per heavy atom. The number of aryl methyl sites for hydroxylation is 7. The number of aliphatic hydroxyl groups excluding tert-OH is 9. The molecular weight excluding hydrogens is 1620 g/mol. The highest BCUT2D eigenvalue weighted by atomic mass is 16.3. The molecule has 6 aromatic heterocycles. The van der Waals surface area contributed by atoms with Gasteiger partial charge in [0.2, 0.25) is 0 Å². The zero-order valence-corrected chi connectivity index (χ0v) is 82.7. The second-order valence-corrected chi connectivity index (χ2v) is 40.6. The monoisotopic (exact) mass is 1790 g/mol. The van der Waals surface area contributed by atoms with E-state index in [-0.39, 0.29) is 66.1 Å². The summed E-state index contributed by atoms with van der Waals surface area (Å²) >= 11 is 0. The van der Waals surface area contributed by atoms with Crippen LogP contribution in [0, 0.1) is 107 Å². The first-order valence-electron chi connectivity index (χ1n) is 49.3. The topological polar surface area (TPSA) is 295 Å². The van der Waals surface area contributed by atoms with E-state index in [0.717, 1.165) is 166 Å². The minimum absolute atomic E-state index is 0.00578. The minimum atomic E-state index is -0.493. The lowest BCUT2D eigenvalue weighted by atomic mass is 9.76. The third-order valence-electron chi connectivity index (χ3n) is 29.0. The van der Waals surface area contributed by atoms with Crippen molar-refractivity contribution in [3.8, 4) is 0 Å². The SMILES string of the molecule is CC.CC(C)=O.CC(C)C1CCc2ccccc2C1O.CC(C)C1CCc2ccccc2C1O.CC(C)C1CCc2ccncc2C1O.CC(C)C1CCc2cnccc2C1O.CC(C)C1CCc2ncccc2C1O.CC(C)C1CCn2c(cccc2=O)C1O.CC(C)C1CCn2cncc2C1O.CC(C)C1CCn2nccc2C1O.CC(C)C1Cc2ccccc2C1O. The molecule has 0 amide bonds. The molecule has 0 bridgehead atoms. The van der Waals surface area contributed by atoms with Crippen LogP contribution in [-0.2, 0) is 63.0 Å². The number of aromatic nitrogens is 8. The Hall–Kier alpha value is -8.21. The first-order valence-corrected chi connectivity index (χ1v) is 49.3. The van der Waals surface area contributed by atoms with E-state index in [9.17, 15) is 55.5 Å². The fourth-order valence-corrected chi connectivity index (χ4v) is 20.8. The lowest BCUT2D eigenvalue weighted by molar-refractivity contribution is -0.115. The minimum Gasteiger partial charge on any atom is -0.388 e. The zero-order valence-electron chi connectivity index (χ0n) is 82.7. The first kappa shape index (κ1) is 107. The molecule has 19 nitrogen and oxygen atoms in total. The van der Waals surface area contributed by atoms with Crippen molar-refractivity contribution < 1.29 is 50.8 Å². The zero-order chi connectivity index (χ0) is 95.5. The smallest absolute Gasteiger partial charge is 0.250 e. The molecule has 0 saturated carbocycles. The molecule has 130 heavy (non-hydrogen) atoms. The van der Waals surface area contributed by atoms with Crippen LogP contribution in [0.15, 0.2) is 176 Å². The van der Waals surface area contributed by atoms with Crippen molar-refractivity contribution in [1.82, 2.24) is 38.9 Å². The van der Waals surface area contributed by atoms with Crippen molar-refractivity contribution in [1.29, 1.82) is 0 Å². The second-order valence-electron chi connectivity index (χ2n) is 40.6. The summed E-state index contributed by atoms with van der Waals surface area (Å²) in [7, 11) is 0. The van der Waals surface area contributed by atoms with Gasteiger partial charge in [0.15, 0.2) is 0 Å². The predicted molar refractivity (Wildman–Crippen MR) is 524 cm³/mol. The standard InChI is InChI=1S/2C13H18O.C12H17NO2.3C12H17NO.C12H16O.2C10H16N2O.C3H6O.C2H6/c2*1-9(2)11-8-7-10-5-3-4-6-12(10)13(11)14;1-8(2)9-6-7-13-10(12(9)15)4-3-5-11(13)14;1-8(2)10-4-3-9-7-13-6-5-11(9)12(10)14;1-8(2)10-4-3-9-5-6-13-7-11(9)12(10)14;1-8(2)9-5-6-11-10(12(9)14)4-3-7-13-11;1-8(2)11-7-9-5-3-4-6-10(9)12(11)13;1-7(2)8-4-6-12-9(10(8)13)3-5-11-12;1-7(2)8-3-4-12-6-11-5-9(12)10(8)13;1-3(2)4;1-2/h2*3-6,9,11,13-14H,7-8H2,1-2H3;3-5,8-9,12,15H,6-7H2,1-2H3;2*5-8,10,12,14H,3-4H2,1-2H3;3-4,7-9,12,14H,5-6H2,1-2H3;3-6,8,11-13H,7H2,1-2H3;3,5,7-8,10,13H,4,6H2,1-2H3;5-8,10,13H,3-4H2,1-2H3;1-2H3;1-2H3. The number of ketones is 1. The number of hydrogen-bond donors (Lipinski definition) is 9. The molecule has 9 heterocycles. The molecule has 0 fully saturated rings. The molecule has 19 heteroatoms. The number of Topliss-reactive ketones (excluding diaryl/α,β-unsaturated/α-hetero) is 1. The van der Waals surface area contributed by atoms with Crippen LogP contribution in [0.4, 0.5) is 0 Å². The molecule has 0 saturated heterocycles. The van der Waals surface area contributed by atoms with Crippen molar-refractivity contribution in [2.45, 2.75) is 317 Å². The summed E-state index contributed by atoms with van der Waals surface area (Å²) in [4.78, 5) is 37.5. The summed E-state index contributed by atoms with van der Waals surface area (Å²) in [6.07, 6.45) is 26.5. The van der Waals surface area contributed by atoms with Crippen LogP contribution in [0.1, 0.15) is 343 Å². The Bertz CT molecular complexity index is 4440. The van der Waals surface area contributed by atoms with Crippen LogP contribution in [0.25, 0.3) is 0 Å². The molecule has 714 valence electrons. The van der Waals surface area contributed by atoms with Crippen molar-refractivity contribution in [3.63, 3.8) is 0 Å². The predicted octanol–water partition coefficient (Wildman–Crippen LogP) is 21.8. The van der Waals surface area contributed by atoms with E-state index in [0.29, 0.717) is 101 Å². The summed E-state index contributed by atoms with van der Waals surface area (Å²) in [6, 6.07) is 39.7. The third-order valence-corrected chi connectivity index (χ3v) is 29.0. The maximum atomic E-state index is 11.5. The van der Waals surface area contributed by atoms with Gasteiger partial charge in [-0.05, 0) is 291 Å². The van der Waals surface area contributed by atoms with Gasteiger partial charge in [-0.3, -0.25) is 24.4 Å². The van der Waals surface area contributed by atoms with E-state index in [1.54, 1.807) is 54.0 Å². The Morgan fingerprint density at radius 2 is 0.685 bits per heavy atom. The number of carbonyl (C=O) groups excluding carboxylic acids is 1. The number of nitrogens with zero attached hydrogens (tertiary/aromatic N) is 8. The quantitative estimate of drug-likeness (QED) is 0.0649. The summed E-state index contributed by atoms with van der Waals surface area (Å²) in [5.74, 6) is 8.55. The fourth-order valence-electron chi connectivity index (χ4n) is 20.8. The van der Waals surface area contributed by atoms with Crippen molar-refractivity contribution in [2.24, 2.45) is 107 Å². The highest BCUT2D eigenvalue weighted by molar-refractivity contribution is 5.72. The van der Waals surface area contributed by atoms with Gasteiger partial charge in [0.05, 0.1) is 78.8 Å². The van der Waals surface area contributed by atoms with Crippen molar-refractivity contribution in [2.75, 3.05) is 0 Å². The van der Waals surface area contributed by atoms with Crippen LogP contribution >= 0.6 is 0 Å². The number of pyridine rings is 4. The first-order chi connectivity index (χ1) is 61.9. The van der Waals surface area contributed by atoms with Gasteiger partial charge in [-0.2, -0.15) is 5.10 Å². The van der Waals surface area contributed by atoms with Gasteiger partial charge in [0.25, 0.3) is 5.56 Å². The van der Waals surface area contributed by atoms with Gasteiger partial charge in [0.1, 0.15) is 5.78 Å². The summed E-state index contributed by atoms with van der Waals surface area (Å²) in [5, 5.41) is 95.2. The van der Waals surface area contributed by atoms with Gasteiger partial charge in [0, 0.05) is 85.4 Å². The molecule has 6 aliphatic carbocycles. The number of hydrogen-bond acceptors (Lipinski definition) is 16. The number of imidazole rings is 1. The second kappa shape index (κ2) is 51.9. The average molecular weight is 1790 g/mol. The van der Waals surface area contributed by atoms with E-state index < -0.39 is 6.10 Å². The summed E-state index contributed by atoms with van der Waals surface area (Å²) in [6.45, 7) is 48.8. The van der Waals surface area contributed by atoms with E-state index in [1.807, 2.05) is 102 Å². The maximum absolute atomic E-state index is 11.5.